The highest BCUT2D eigenvalue weighted by Gasteiger charge is 2.29. The molecule has 4 rings (SSSR count). The number of H-pyrrole nitrogens is 1. The van der Waals surface area contributed by atoms with E-state index in [-0.39, 0.29) is 18.0 Å². The third-order valence-corrected chi connectivity index (χ3v) is 5.27. The van der Waals surface area contributed by atoms with E-state index in [9.17, 15) is 9.59 Å². The fourth-order valence-electron chi connectivity index (χ4n) is 3.61. The van der Waals surface area contributed by atoms with E-state index in [2.05, 4.69) is 4.98 Å². The van der Waals surface area contributed by atoms with Gasteiger partial charge in [-0.15, -0.1) is 0 Å². The summed E-state index contributed by atoms with van der Waals surface area (Å²) in [5.74, 6) is 0.595. The van der Waals surface area contributed by atoms with Crippen LogP contribution in [0.2, 0.25) is 0 Å². The minimum Gasteiger partial charge on any atom is -0.497 e. The number of carbonyl (C=O) groups excluding carboxylic acids is 1. The number of methoxy groups -OCH3 is 1. The number of benzene rings is 2. The Kier molecular flexibility index (Phi) is 5.36. The molecule has 1 aliphatic rings. The first kappa shape index (κ1) is 19.2. The number of nitrogens with one attached hydrogen (secondary N) is 1. The number of aromatic amines is 1. The second-order valence-corrected chi connectivity index (χ2v) is 7.34. The molecule has 2 aromatic carbocycles. The van der Waals surface area contributed by atoms with Crippen LogP contribution >= 0.6 is 0 Å². The number of pyridine rings is 1. The van der Waals surface area contributed by atoms with Crippen LogP contribution in [0.25, 0.3) is 10.9 Å². The lowest BCUT2D eigenvalue weighted by Gasteiger charge is -2.25. The van der Waals surface area contributed by atoms with E-state index in [0.717, 1.165) is 28.6 Å². The predicted molar refractivity (Wildman–Crippen MR) is 112 cm³/mol. The first-order valence-electron chi connectivity index (χ1n) is 9.75. The first-order chi connectivity index (χ1) is 14.0. The number of anilines is 1. The van der Waals surface area contributed by atoms with Gasteiger partial charge in [-0.3, -0.25) is 9.59 Å². The van der Waals surface area contributed by atoms with Crippen molar-refractivity contribution in [3.8, 4) is 5.75 Å². The number of aromatic nitrogens is 1. The Morgan fingerprint density at radius 1 is 1.21 bits per heavy atom. The molecule has 6 heteroatoms. The molecule has 29 heavy (non-hydrogen) atoms. The van der Waals surface area contributed by atoms with Gasteiger partial charge in [-0.1, -0.05) is 17.7 Å². The van der Waals surface area contributed by atoms with Gasteiger partial charge in [0.15, 0.2) is 0 Å². The van der Waals surface area contributed by atoms with E-state index in [4.69, 9.17) is 9.47 Å². The summed E-state index contributed by atoms with van der Waals surface area (Å²) in [6, 6.07) is 15.0. The van der Waals surface area contributed by atoms with Gasteiger partial charge in [0, 0.05) is 28.8 Å². The Balaban J connectivity index is 1.73. The average molecular weight is 392 g/mol. The smallest absolute Gasteiger partial charge is 0.256 e. The maximum absolute atomic E-state index is 13.2. The molecular formula is C23H24N2O4. The predicted octanol–water partition coefficient (Wildman–Crippen LogP) is 3.56. The molecule has 0 unspecified atom stereocenters. The quantitative estimate of drug-likeness (QED) is 0.721. The Labute approximate surface area is 169 Å². The van der Waals surface area contributed by atoms with Crippen molar-refractivity contribution < 1.29 is 14.3 Å². The molecule has 0 spiro atoms. The number of aryl methyl sites for hydroxylation is 1. The Morgan fingerprint density at radius 2 is 2.00 bits per heavy atom. The molecule has 3 aromatic rings. The molecule has 0 radical (unpaired) electrons. The van der Waals surface area contributed by atoms with Crippen molar-refractivity contribution in [2.45, 2.75) is 32.4 Å². The molecule has 1 atom stereocenters. The van der Waals surface area contributed by atoms with Gasteiger partial charge in [-0.2, -0.15) is 0 Å². The fraction of sp³-hybridized carbons (Fsp3) is 0.304. The normalized spacial score (nSPS) is 16.1. The summed E-state index contributed by atoms with van der Waals surface area (Å²) in [6.45, 7) is 2.76. The lowest BCUT2D eigenvalue weighted by atomic mass is 10.1. The average Bonchev–Trinajstić information content (AvgIpc) is 3.27. The van der Waals surface area contributed by atoms with Crippen LogP contribution in [-0.4, -0.2) is 30.7 Å². The summed E-state index contributed by atoms with van der Waals surface area (Å²) in [5, 5.41) is 0.854. The topological polar surface area (TPSA) is 71.6 Å². The van der Waals surface area contributed by atoms with Gasteiger partial charge in [0.25, 0.3) is 11.5 Å². The third-order valence-electron chi connectivity index (χ3n) is 5.27. The van der Waals surface area contributed by atoms with E-state index in [0.29, 0.717) is 24.3 Å². The van der Waals surface area contributed by atoms with Crippen molar-refractivity contribution in [2.24, 2.45) is 0 Å². The monoisotopic (exact) mass is 392 g/mol. The van der Waals surface area contributed by atoms with E-state index in [1.165, 1.54) is 0 Å². The molecule has 150 valence electrons. The Bertz CT molecular complexity index is 1080. The van der Waals surface area contributed by atoms with E-state index in [1.807, 2.05) is 49.4 Å². The first-order valence-corrected chi connectivity index (χ1v) is 9.75. The molecule has 1 saturated heterocycles. The van der Waals surface area contributed by atoms with Gasteiger partial charge in [0.05, 0.1) is 13.7 Å². The van der Waals surface area contributed by atoms with Gasteiger partial charge < -0.3 is 19.4 Å². The van der Waals surface area contributed by atoms with Crippen molar-refractivity contribution in [3.63, 3.8) is 0 Å². The highest BCUT2D eigenvalue weighted by Crippen LogP contribution is 2.24. The van der Waals surface area contributed by atoms with Crippen molar-refractivity contribution in [1.82, 2.24) is 4.98 Å². The Hall–Kier alpha value is -3.12. The summed E-state index contributed by atoms with van der Waals surface area (Å²) in [6.07, 6.45) is 1.11. The van der Waals surface area contributed by atoms with Gasteiger partial charge in [-0.25, -0.2) is 0 Å². The third kappa shape index (κ3) is 4.03. The van der Waals surface area contributed by atoms with Crippen LogP contribution in [-0.2, 0) is 16.1 Å². The highest BCUT2D eigenvalue weighted by molar-refractivity contribution is 5.96. The summed E-state index contributed by atoms with van der Waals surface area (Å²) >= 11 is 0. The number of ether oxygens (including phenoxy) is 2. The molecule has 1 aliphatic heterocycles. The van der Waals surface area contributed by atoms with Crippen LogP contribution < -0.4 is 15.2 Å². The maximum atomic E-state index is 13.2. The number of amides is 1. The SMILES string of the molecule is COc1ccc2[nH]c(=O)c(CN(C(=O)[C@@H]3CCCO3)c3ccc(C)cc3)cc2c1. The molecule has 2 heterocycles. The molecule has 0 saturated carbocycles. The zero-order valence-corrected chi connectivity index (χ0v) is 16.6. The number of hydrogen-bond donors (Lipinski definition) is 1. The van der Waals surface area contributed by atoms with Crippen LogP contribution in [0.5, 0.6) is 5.75 Å². The summed E-state index contributed by atoms with van der Waals surface area (Å²) in [4.78, 5) is 30.4. The van der Waals surface area contributed by atoms with Crippen molar-refractivity contribution in [3.05, 3.63) is 70.0 Å². The zero-order valence-electron chi connectivity index (χ0n) is 16.6. The highest BCUT2D eigenvalue weighted by atomic mass is 16.5. The van der Waals surface area contributed by atoms with Crippen LogP contribution in [0, 0.1) is 6.92 Å². The number of fused-ring (bicyclic) bond motifs is 1. The van der Waals surface area contributed by atoms with Crippen LogP contribution in [0.15, 0.2) is 53.3 Å². The zero-order chi connectivity index (χ0) is 20.4. The number of nitrogens with zero attached hydrogens (tertiary/aromatic N) is 1. The Morgan fingerprint density at radius 3 is 2.69 bits per heavy atom. The molecule has 1 fully saturated rings. The molecule has 6 nitrogen and oxygen atoms in total. The summed E-state index contributed by atoms with van der Waals surface area (Å²) in [7, 11) is 1.60. The second-order valence-electron chi connectivity index (χ2n) is 7.34. The van der Waals surface area contributed by atoms with E-state index in [1.54, 1.807) is 18.1 Å². The number of hydrogen-bond acceptors (Lipinski definition) is 4. The molecule has 0 bridgehead atoms. The molecule has 1 N–H and O–H groups in total. The van der Waals surface area contributed by atoms with E-state index < -0.39 is 6.10 Å². The van der Waals surface area contributed by atoms with Crippen molar-refractivity contribution >= 4 is 22.5 Å². The summed E-state index contributed by atoms with van der Waals surface area (Å²) < 4.78 is 10.9. The van der Waals surface area contributed by atoms with Crippen LogP contribution in [0.3, 0.4) is 0 Å². The molecule has 1 aromatic heterocycles. The lowest BCUT2D eigenvalue weighted by molar-refractivity contribution is -0.127. The van der Waals surface area contributed by atoms with Gasteiger partial charge >= 0.3 is 0 Å². The largest absolute Gasteiger partial charge is 0.497 e. The standard InChI is InChI=1S/C23H24N2O4/c1-15-5-7-18(8-6-15)25(23(27)21-4-3-11-29-21)14-17-12-16-13-19(28-2)9-10-20(16)24-22(17)26/h5-10,12-13,21H,3-4,11,14H2,1-2H3,(H,24,26)/t21-/m0/s1. The van der Waals surface area contributed by atoms with Gasteiger partial charge in [0.1, 0.15) is 11.9 Å². The van der Waals surface area contributed by atoms with E-state index >= 15 is 0 Å². The number of carbonyl (C=O) groups is 1. The van der Waals surface area contributed by atoms with Crippen molar-refractivity contribution in [2.75, 3.05) is 18.6 Å². The molecule has 0 aliphatic carbocycles. The molecule has 1 amide bonds. The van der Waals surface area contributed by atoms with Gasteiger partial charge in [-0.05, 0) is 56.2 Å². The van der Waals surface area contributed by atoms with Crippen molar-refractivity contribution in [1.29, 1.82) is 0 Å². The van der Waals surface area contributed by atoms with Crippen LogP contribution in [0.1, 0.15) is 24.0 Å². The summed E-state index contributed by atoms with van der Waals surface area (Å²) in [5.41, 5.74) is 2.89. The number of rotatable bonds is 5. The minimum absolute atomic E-state index is 0.114. The maximum Gasteiger partial charge on any atom is 0.256 e. The van der Waals surface area contributed by atoms with Gasteiger partial charge in [0.2, 0.25) is 0 Å². The second kappa shape index (κ2) is 8.09. The fourth-order valence-corrected chi connectivity index (χ4v) is 3.61. The van der Waals surface area contributed by atoms with Crippen LogP contribution in [0.4, 0.5) is 5.69 Å². The molecular weight excluding hydrogens is 368 g/mol. The lowest BCUT2D eigenvalue weighted by Crippen LogP contribution is -2.39. The minimum atomic E-state index is -0.462.